The predicted octanol–water partition coefficient (Wildman–Crippen LogP) is 15.1. The number of aliphatic hydroxyl groups is 2. The first-order chi connectivity index (χ1) is 25.4. The van der Waals surface area contributed by atoms with Crippen LogP contribution in [0.4, 0.5) is 26.3 Å². The van der Waals surface area contributed by atoms with Gasteiger partial charge in [0.1, 0.15) is 0 Å². The fourth-order valence-corrected chi connectivity index (χ4v) is 7.07. The van der Waals surface area contributed by atoms with Crippen LogP contribution in [0.25, 0.3) is 12.2 Å². The number of unbranched alkanes of at least 4 members (excludes halogenated alkanes) is 18. The summed E-state index contributed by atoms with van der Waals surface area (Å²) in [7, 11) is 0. The summed E-state index contributed by atoms with van der Waals surface area (Å²) in [5, 5.41) is 20.7. The molecular weight excluding hydrogens is 707 g/mol. The summed E-state index contributed by atoms with van der Waals surface area (Å²) in [4.78, 5) is 2.26. The van der Waals surface area contributed by atoms with E-state index < -0.39 is 37.4 Å². The van der Waals surface area contributed by atoms with E-state index in [0.717, 1.165) is 136 Å². The molecule has 0 radical (unpaired) electrons. The standard InChI is InChI=1S/C44H64F6O2S/c45-43(46,47)35-19-15-11-7-3-1-5-9-13-17-21-39(51)29-23-37-25-31-41(32-26-37)53-42-33-27-38(28-34-42)24-30-40(52)22-18-14-10-6-2-4-8-12-16-20-36-44(48,49)50/h23-34,39-40,51-52H,1-22,35-36H2. The highest BCUT2D eigenvalue weighted by atomic mass is 32.2. The van der Waals surface area contributed by atoms with Crippen LogP contribution in [0, 0.1) is 0 Å². The maximum atomic E-state index is 12.2. The minimum absolute atomic E-state index is 0.244. The topological polar surface area (TPSA) is 40.5 Å². The Morgan fingerprint density at radius 1 is 0.415 bits per heavy atom. The van der Waals surface area contributed by atoms with E-state index >= 15 is 0 Å². The van der Waals surface area contributed by atoms with E-state index in [4.69, 9.17) is 0 Å². The normalized spacial score (nSPS) is 13.7. The zero-order valence-electron chi connectivity index (χ0n) is 31.6. The fourth-order valence-electron chi connectivity index (χ4n) is 6.25. The van der Waals surface area contributed by atoms with Gasteiger partial charge in [0, 0.05) is 22.6 Å². The van der Waals surface area contributed by atoms with Crippen molar-refractivity contribution in [2.24, 2.45) is 0 Å². The van der Waals surface area contributed by atoms with Gasteiger partial charge in [-0.15, -0.1) is 0 Å². The van der Waals surface area contributed by atoms with Crippen LogP contribution in [0.1, 0.15) is 165 Å². The number of benzene rings is 2. The van der Waals surface area contributed by atoms with Crippen LogP contribution in [0.2, 0.25) is 0 Å². The van der Waals surface area contributed by atoms with Gasteiger partial charge in [-0.1, -0.05) is 176 Å². The van der Waals surface area contributed by atoms with E-state index in [-0.39, 0.29) is 12.8 Å². The van der Waals surface area contributed by atoms with Gasteiger partial charge in [-0.2, -0.15) is 26.3 Å². The van der Waals surface area contributed by atoms with Crippen LogP contribution in [-0.4, -0.2) is 34.8 Å². The van der Waals surface area contributed by atoms with Gasteiger partial charge >= 0.3 is 12.4 Å². The lowest BCUT2D eigenvalue weighted by Gasteiger charge is -2.07. The summed E-state index contributed by atoms with van der Waals surface area (Å²) in [6.45, 7) is 0. The number of hydrogen-bond acceptors (Lipinski definition) is 3. The van der Waals surface area contributed by atoms with E-state index in [1.807, 2.05) is 24.3 Å². The number of hydrogen-bond donors (Lipinski definition) is 2. The molecule has 0 heterocycles. The highest BCUT2D eigenvalue weighted by Crippen LogP contribution is 2.29. The van der Waals surface area contributed by atoms with E-state index in [1.54, 1.807) is 11.8 Å². The molecule has 0 aliphatic rings. The molecule has 0 spiro atoms. The van der Waals surface area contributed by atoms with Crippen LogP contribution in [-0.2, 0) is 0 Å². The zero-order valence-corrected chi connectivity index (χ0v) is 32.4. The second kappa shape index (κ2) is 28.2. The van der Waals surface area contributed by atoms with E-state index in [2.05, 4.69) is 48.5 Å². The lowest BCUT2D eigenvalue weighted by Crippen LogP contribution is -2.06. The van der Waals surface area contributed by atoms with Crippen LogP contribution in [0.15, 0.2) is 70.5 Å². The second-order valence-electron chi connectivity index (χ2n) is 14.5. The Kier molecular flexibility index (Phi) is 25.0. The van der Waals surface area contributed by atoms with Gasteiger partial charge in [-0.05, 0) is 61.1 Å². The second-order valence-corrected chi connectivity index (χ2v) is 15.6. The average molecular weight is 771 g/mol. The van der Waals surface area contributed by atoms with Gasteiger partial charge in [-0.3, -0.25) is 0 Å². The van der Waals surface area contributed by atoms with Gasteiger partial charge in [-0.25, -0.2) is 0 Å². The minimum Gasteiger partial charge on any atom is -0.389 e. The third kappa shape index (κ3) is 27.9. The van der Waals surface area contributed by atoms with Gasteiger partial charge < -0.3 is 10.2 Å². The molecule has 0 fully saturated rings. The summed E-state index contributed by atoms with van der Waals surface area (Å²) >= 11 is 1.68. The number of aliphatic hydroxyl groups excluding tert-OH is 2. The molecule has 0 aromatic heterocycles. The third-order valence-corrected chi connectivity index (χ3v) is 10.5. The molecule has 2 aromatic rings. The molecule has 53 heavy (non-hydrogen) atoms. The van der Waals surface area contributed by atoms with Crippen LogP contribution in [0.5, 0.6) is 0 Å². The maximum absolute atomic E-state index is 12.2. The van der Waals surface area contributed by atoms with Crippen molar-refractivity contribution in [3.8, 4) is 0 Å². The molecule has 0 bridgehead atoms. The average Bonchev–Trinajstić information content (AvgIpc) is 3.11. The van der Waals surface area contributed by atoms with Gasteiger partial charge in [0.15, 0.2) is 0 Å². The van der Waals surface area contributed by atoms with Crippen LogP contribution >= 0.6 is 11.8 Å². The molecule has 2 aromatic carbocycles. The summed E-state index contributed by atoms with van der Waals surface area (Å²) < 4.78 is 72.9. The quantitative estimate of drug-likeness (QED) is 0.0614. The van der Waals surface area contributed by atoms with Crippen molar-refractivity contribution in [2.45, 2.75) is 188 Å². The Bertz CT molecular complexity index is 1130. The van der Waals surface area contributed by atoms with Crippen molar-refractivity contribution in [1.29, 1.82) is 0 Å². The zero-order chi connectivity index (χ0) is 38.6. The maximum Gasteiger partial charge on any atom is 0.389 e. The highest BCUT2D eigenvalue weighted by molar-refractivity contribution is 7.99. The summed E-state index contributed by atoms with van der Waals surface area (Å²) in [6.07, 6.45) is 17.5. The molecule has 2 nitrogen and oxygen atoms in total. The largest absolute Gasteiger partial charge is 0.389 e. The lowest BCUT2D eigenvalue weighted by molar-refractivity contribution is -0.136. The Labute approximate surface area is 319 Å². The van der Waals surface area contributed by atoms with Gasteiger partial charge in [0.2, 0.25) is 0 Å². The lowest BCUT2D eigenvalue weighted by atomic mass is 10.0. The molecule has 0 aliphatic carbocycles. The van der Waals surface area contributed by atoms with E-state index in [1.165, 1.54) is 0 Å². The smallest absolute Gasteiger partial charge is 0.389 e. The van der Waals surface area contributed by atoms with Gasteiger partial charge in [0.05, 0.1) is 12.2 Å². The predicted molar refractivity (Wildman–Crippen MR) is 210 cm³/mol. The highest BCUT2D eigenvalue weighted by Gasteiger charge is 2.26. The SMILES string of the molecule is OC(C=Cc1ccc(Sc2ccc(C=CC(O)CCCCCCCCCCCCC(F)(F)F)cc2)cc1)CCCCCCCCCCCCC(F)(F)F. The summed E-state index contributed by atoms with van der Waals surface area (Å²) in [5.74, 6) is 0. The molecule has 2 N–H and O–H groups in total. The number of halogens is 6. The Balaban J connectivity index is 1.50. The first-order valence-electron chi connectivity index (χ1n) is 20.1. The van der Waals surface area contributed by atoms with Crippen LogP contribution in [0.3, 0.4) is 0 Å². The van der Waals surface area contributed by atoms with Crippen molar-refractivity contribution < 1.29 is 36.6 Å². The van der Waals surface area contributed by atoms with E-state index in [0.29, 0.717) is 12.8 Å². The monoisotopic (exact) mass is 770 g/mol. The van der Waals surface area contributed by atoms with Crippen molar-refractivity contribution in [3.05, 3.63) is 71.8 Å². The summed E-state index contributed by atoms with van der Waals surface area (Å²) in [6, 6.07) is 16.5. The Morgan fingerprint density at radius 3 is 0.962 bits per heavy atom. The third-order valence-electron chi connectivity index (χ3n) is 9.44. The van der Waals surface area contributed by atoms with Gasteiger partial charge in [0.25, 0.3) is 0 Å². The Hall–Kier alpha value is -2.23. The fraction of sp³-hybridized carbons (Fsp3) is 0.636. The molecule has 2 rings (SSSR count). The molecule has 0 saturated carbocycles. The van der Waals surface area contributed by atoms with Crippen molar-refractivity contribution in [2.75, 3.05) is 0 Å². The molecule has 0 amide bonds. The van der Waals surface area contributed by atoms with Crippen molar-refractivity contribution in [3.63, 3.8) is 0 Å². The van der Waals surface area contributed by atoms with E-state index in [9.17, 15) is 36.6 Å². The minimum atomic E-state index is -4.02. The van der Waals surface area contributed by atoms with Crippen molar-refractivity contribution in [1.82, 2.24) is 0 Å². The Morgan fingerprint density at radius 2 is 0.679 bits per heavy atom. The summed E-state index contributed by atoms with van der Waals surface area (Å²) in [5.41, 5.74) is 2.08. The molecule has 9 heteroatoms. The molecule has 2 atom stereocenters. The number of alkyl halides is 6. The first kappa shape index (κ1) is 46.9. The molecule has 0 saturated heterocycles. The number of rotatable bonds is 30. The molecule has 0 aliphatic heterocycles. The molecule has 2 unspecified atom stereocenters. The van der Waals surface area contributed by atoms with Crippen LogP contribution < -0.4 is 0 Å². The van der Waals surface area contributed by atoms with Crippen molar-refractivity contribution >= 4 is 23.9 Å². The first-order valence-corrected chi connectivity index (χ1v) is 21.0. The molecule has 300 valence electrons. The molecular formula is C44H64F6O2S.